The molecule has 9 heavy (non-hydrogen) atoms. The van der Waals surface area contributed by atoms with Gasteiger partial charge in [-0.1, -0.05) is 9.35 Å². The predicted octanol–water partition coefficient (Wildman–Crippen LogP) is -1.39. The molecule has 0 aromatic carbocycles. The minimum atomic E-state index is -3.99. The molecule has 0 amide bonds. The molecule has 0 radical (unpaired) electrons. The molecule has 1 rings (SSSR count). The van der Waals surface area contributed by atoms with Crippen LogP contribution in [0.1, 0.15) is 0 Å². The fraction of sp³-hybridized carbons (Fsp3) is 0. The average Bonchev–Trinajstić information content (AvgIpc) is 1.84. The molecule has 1 heterocycles. The van der Waals surface area contributed by atoms with Gasteiger partial charge in [-0.05, 0) is 10.1 Å². The SMILES string of the molecule is O=P1(O)OOOO1.[NaH].[NaH]. The Kier molecular flexibility index (Phi) is 8.54. The van der Waals surface area contributed by atoms with Crippen LogP contribution in [-0.2, 0) is 24.0 Å². The van der Waals surface area contributed by atoms with Crippen LogP contribution < -0.4 is 0 Å². The zero-order valence-electron chi connectivity index (χ0n) is 2.94. The third-order valence-corrected chi connectivity index (χ3v) is 0.776. The van der Waals surface area contributed by atoms with E-state index in [4.69, 9.17) is 4.89 Å². The van der Waals surface area contributed by atoms with Crippen LogP contribution in [0.2, 0.25) is 0 Å². The van der Waals surface area contributed by atoms with Crippen molar-refractivity contribution in [2.24, 2.45) is 0 Å². The van der Waals surface area contributed by atoms with E-state index in [9.17, 15) is 4.57 Å². The number of hydrogen-bond acceptors (Lipinski definition) is 5. The Morgan fingerprint density at radius 2 is 1.44 bits per heavy atom. The Morgan fingerprint density at radius 3 is 1.56 bits per heavy atom. The molecule has 0 aromatic rings. The number of rotatable bonds is 0. The third kappa shape index (κ3) is 5.32. The minimum absolute atomic E-state index is 0. The molecule has 0 unspecified atom stereocenters. The summed E-state index contributed by atoms with van der Waals surface area (Å²) in [4.78, 5) is 8.06. The summed E-state index contributed by atoms with van der Waals surface area (Å²) in [5.41, 5.74) is 0. The zero-order valence-corrected chi connectivity index (χ0v) is 3.83. The molecule has 1 aliphatic heterocycles. The number of hydrogen-bond donors (Lipinski definition) is 1. The molecule has 46 valence electrons. The van der Waals surface area contributed by atoms with Crippen LogP contribution in [0, 0.1) is 0 Å². The molecule has 1 fully saturated rings. The van der Waals surface area contributed by atoms with Gasteiger partial charge in [-0.15, -0.1) is 0 Å². The van der Waals surface area contributed by atoms with Crippen molar-refractivity contribution in [3.63, 3.8) is 0 Å². The van der Waals surface area contributed by atoms with Gasteiger partial charge in [-0.3, -0.25) is 4.89 Å². The third-order valence-electron chi connectivity index (χ3n) is 0.277. The van der Waals surface area contributed by atoms with E-state index < -0.39 is 7.82 Å². The van der Waals surface area contributed by atoms with Crippen LogP contribution in [0.4, 0.5) is 0 Å². The van der Waals surface area contributed by atoms with E-state index in [1.165, 1.54) is 0 Å². The summed E-state index contributed by atoms with van der Waals surface area (Å²) in [5, 5.41) is 6.85. The van der Waals surface area contributed by atoms with Gasteiger partial charge in [0, 0.05) is 0 Å². The maximum atomic E-state index is 9.88. The fourth-order valence-electron chi connectivity index (χ4n) is 0.114. The van der Waals surface area contributed by atoms with Gasteiger partial charge in [-0.2, -0.15) is 0 Å². The van der Waals surface area contributed by atoms with Crippen LogP contribution in [0.3, 0.4) is 0 Å². The van der Waals surface area contributed by atoms with Gasteiger partial charge in [-0.25, -0.2) is 4.57 Å². The summed E-state index contributed by atoms with van der Waals surface area (Å²) < 4.78 is 16.9. The van der Waals surface area contributed by atoms with Crippen LogP contribution in [0.5, 0.6) is 0 Å². The first kappa shape index (κ1) is 13.6. The van der Waals surface area contributed by atoms with Crippen molar-refractivity contribution in [1.29, 1.82) is 0 Å². The fourth-order valence-corrected chi connectivity index (χ4v) is 0.343. The van der Waals surface area contributed by atoms with Crippen LogP contribution in [0.15, 0.2) is 0 Å². The van der Waals surface area contributed by atoms with Gasteiger partial charge in [0.2, 0.25) is 0 Å². The molecule has 0 bridgehead atoms. The Labute approximate surface area is 94.8 Å². The van der Waals surface area contributed by atoms with Gasteiger partial charge < -0.3 is 0 Å². The molecule has 0 aromatic heterocycles. The molecule has 0 aliphatic carbocycles. The molecule has 1 saturated heterocycles. The second-order valence-corrected chi connectivity index (χ2v) is 1.99. The van der Waals surface area contributed by atoms with Crippen molar-refractivity contribution in [2.75, 3.05) is 0 Å². The van der Waals surface area contributed by atoms with E-state index in [0.29, 0.717) is 0 Å². The van der Waals surface area contributed by atoms with Crippen LogP contribution in [-0.4, -0.2) is 64.0 Å². The summed E-state index contributed by atoms with van der Waals surface area (Å²) in [5.74, 6) is 0. The Balaban J connectivity index is 0. The van der Waals surface area contributed by atoms with Gasteiger partial charge >= 0.3 is 66.9 Å². The quantitative estimate of drug-likeness (QED) is 0.278. The summed E-state index contributed by atoms with van der Waals surface area (Å²) in [7, 11) is -3.99. The van der Waals surface area contributed by atoms with Gasteiger partial charge in [0.15, 0.2) is 0 Å². The van der Waals surface area contributed by atoms with E-state index in [1.54, 1.807) is 0 Å². The van der Waals surface area contributed by atoms with E-state index in [-0.39, 0.29) is 59.1 Å². The first-order valence-corrected chi connectivity index (χ1v) is 2.74. The van der Waals surface area contributed by atoms with Crippen LogP contribution >= 0.6 is 7.82 Å². The Bertz CT molecular complexity index is 102. The Morgan fingerprint density at radius 1 is 1.11 bits per heavy atom. The zero-order chi connectivity index (χ0) is 5.33. The topological polar surface area (TPSA) is 74.2 Å². The van der Waals surface area contributed by atoms with E-state index in [1.807, 2.05) is 0 Å². The summed E-state index contributed by atoms with van der Waals surface area (Å²) >= 11 is 0. The van der Waals surface area contributed by atoms with E-state index in [2.05, 4.69) is 19.4 Å². The second-order valence-electron chi connectivity index (χ2n) is 0.754. The molecule has 0 saturated carbocycles. The van der Waals surface area contributed by atoms with Crippen LogP contribution in [0.25, 0.3) is 0 Å². The van der Waals surface area contributed by atoms with E-state index in [0.717, 1.165) is 0 Å². The van der Waals surface area contributed by atoms with Crippen molar-refractivity contribution in [2.45, 2.75) is 0 Å². The van der Waals surface area contributed by atoms with Gasteiger partial charge in [0.05, 0.1) is 0 Å². The predicted molar refractivity (Wildman–Crippen MR) is 28.5 cm³/mol. The average molecular weight is 176 g/mol. The normalized spacial score (nSPS) is 21.9. The van der Waals surface area contributed by atoms with Crippen molar-refractivity contribution in [3.05, 3.63) is 0 Å². The van der Waals surface area contributed by atoms with E-state index >= 15 is 0 Å². The van der Waals surface area contributed by atoms with Gasteiger partial charge in [0.1, 0.15) is 0 Å². The monoisotopic (exact) mass is 176 g/mol. The van der Waals surface area contributed by atoms with Crippen molar-refractivity contribution >= 4 is 66.9 Å². The molecule has 6 nitrogen and oxygen atoms in total. The summed E-state index contributed by atoms with van der Waals surface area (Å²) in [6, 6.07) is 0. The molecular weight excluding hydrogens is 173 g/mol. The Hall–Kier alpha value is 2.03. The molecular formula is H3Na2O6P. The molecule has 9 heteroatoms. The number of phosphoric acid groups is 1. The van der Waals surface area contributed by atoms with Crippen molar-refractivity contribution < 1.29 is 28.9 Å². The second kappa shape index (κ2) is 5.65. The molecule has 0 spiro atoms. The molecule has 1 N–H and O–H groups in total. The summed E-state index contributed by atoms with van der Waals surface area (Å²) in [6.45, 7) is 0. The van der Waals surface area contributed by atoms with Gasteiger partial charge in [0.25, 0.3) is 0 Å². The summed E-state index contributed by atoms with van der Waals surface area (Å²) in [6.07, 6.45) is 0. The molecule has 1 aliphatic rings. The maximum absolute atomic E-state index is 9.88. The first-order chi connectivity index (χ1) is 3.21. The molecule has 0 atom stereocenters. The van der Waals surface area contributed by atoms with Crippen molar-refractivity contribution in [1.82, 2.24) is 0 Å². The standard InChI is InChI=1S/2Na.HO6P.2H/c;;1-7(2)5-3-4-6-7;;/h;;(H,1,2);;. The first-order valence-electron chi connectivity index (χ1n) is 1.25. The van der Waals surface area contributed by atoms with Crippen molar-refractivity contribution in [3.8, 4) is 0 Å².